The molecule has 0 amide bonds. The zero-order valence-corrected chi connectivity index (χ0v) is 15.6. The number of hydrogen-bond acceptors (Lipinski definition) is 6. The lowest BCUT2D eigenvalue weighted by atomic mass is 10.4. The molecule has 2 aromatic rings. The Morgan fingerprint density at radius 1 is 0.880 bits per heavy atom. The third kappa shape index (κ3) is 3.34. The van der Waals surface area contributed by atoms with E-state index in [9.17, 15) is 16.8 Å². The molecule has 1 aliphatic rings. The van der Waals surface area contributed by atoms with Crippen molar-refractivity contribution in [2.75, 3.05) is 26.2 Å². The normalized spacial score (nSPS) is 17.8. The first-order chi connectivity index (χ1) is 11.7. The Hall–Kier alpha value is -1.76. The van der Waals surface area contributed by atoms with Crippen molar-refractivity contribution in [2.45, 2.75) is 23.3 Å². The SMILES string of the molecule is CCn1cc(S(=O)(=O)N2CCN(S(=O)(=O)c3cnn(C)c3)CC2)cn1. The van der Waals surface area contributed by atoms with Gasteiger partial charge in [-0.05, 0) is 6.92 Å². The summed E-state index contributed by atoms with van der Waals surface area (Å²) in [5.41, 5.74) is 0. The minimum atomic E-state index is -3.67. The molecule has 25 heavy (non-hydrogen) atoms. The highest BCUT2D eigenvalue weighted by atomic mass is 32.2. The molecule has 1 saturated heterocycles. The summed E-state index contributed by atoms with van der Waals surface area (Å²) in [6.07, 6.45) is 5.51. The highest BCUT2D eigenvalue weighted by Crippen LogP contribution is 2.21. The predicted molar refractivity (Wildman–Crippen MR) is 88.6 cm³/mol. The molecule has 0 aromatic carbocycles. The summed E-state index contributed by atoms with van der Waals surface area (Å²) in [7, 11) is -5.69. The van der Waals surface area contributed by atoms with Crippen LogP contribution in [0.25, 0.3) is 0 Å². The molecule has 138 valence electrons. The molecule has 12 heteroatoms. The van der Waals surface area contributed by atoms with E-state index < -0.39 is 20.0 Å². The first-order valence-electron chi connectivity index (χ1n) is 7.76. The van der Waals surface area contributed by atoms with Crippen molar-refractivity contribution in [1.29, 1.82) is 0 Å². The number of sulfonamides is 2. The molecule has 10 nitrogen and oxygen atoms in total. The average Bonchev–Trinajstić information content (AvgIpc) is 3.24. The maximum Gasteiger partial charge on any atom is 0.246 e. The van der Waals surface area contributed by atoms with Crippen molar-refractivity contribution < 1.29 is 16.8 Å². The summed E-state index contributed by atoms with van der Waals surface area (Å²) >= 11 is 0. The van der Waals surface area contributed by atoms with Crippen LogP contribution in [-0.4, -0.2) is 71.2 Å². The Morgan fingerprint density at radius 2 is 1.36 bits per heavy atom. The Balaban J connectivity index is 1.73. The fraction of sp³-hybridized carbons (Fsp3) is 0.538. The monoisotopic (exact) mass is 388 g/mol. The average molecular weight is 388 g/mol. The fourth-order valence-corrected chi connectivity index (χ4v) is 5.42. The van der Waals surface area contributed by atoms with Gasteiger partial charge >= 0.3 is 0 Å². The molecule has 0 bridgehead atoms. The summed E-state index contributed by atoms with van der Waals surface area (Å²) < 4.78 is 55.9. The lowest BCUT2D eigenvalue weighted by Gasteiger charge is -2.32. The van der Waals surface area contributed by atoms with Gasteiger partial charge in [-0.25, -0.2) is 16.8 Å². The van der Waals surface area contributed by atoms with E-state index in [0.29, 0.717) is 6.54 Å². The van der Waals surface area contributed by atoms with Gasteiger partial charge in [-0.3, -0.25) is 9.36 Å². The summed E-state index contributed by atoms with van der Waals surface area (Å²) in [4.78, 5) is 0.230. The molecule has 0 spiro atoms. The van der Waals surface area contributed by atoms with Crippen LogP contribution >= 0.6 is 0 Å². The summed E-state index contributed by atoms with van der Waals surface area (Å²) in [6.45, 7) is 2.83. The topological polar surface area (TPSA) is 110 Å². The molecular weight excluding hydrogens is 368 g/mol. The number of hydrogen-bond donors (Lipinski definition) is 0. The van der Waals surface area contributed by atoms with Gasteiger partial charge in [-0.2, -0.15) is 18.8 Å². The molecule has 1 aliphatic heterocycles. The van der Waals surface area contributed by atoms with Crippen molar-refractivity contribution in [3.05, 3.63) is 24.8 Å². The van der Waals surface area contributed by atoms with E-state index in [-0.39, 0.29) is 36.0 Å². The van der Waals surface area contributed by atoms with Crippen molar-refractivity contribution in [1.82, 2.24) is 28.2 Å². The number of aromatic nitrogens is 4. The maximum absolute atomic E-state index is 12.6. The van der Waals surface area contributed by atoms with Crippen LogP contribution in [0.2, 0.25) is 0 Å². The largest absolute Gasteiger partial charge is 0.274 e. The van der Waals surface area contributed by atoms with E-state index >= 15 is 0 Å². The standard InChI is InChI=1S/C13H20N6O4S2/c1-3-17-11-13(9-15-17)25(22,23)19-6-4-18(5-7-19)24(20,21)12-8-14-16(2)10-12/h8-11H,3-7H2,1-2H3. The Labute approximate surface area is 146 Å². The Morgan fingerprint density at radius 3 is 1.76 bits per heavy atom. The second kappa shape index (κ2) is 6.52. The molecule has 3 rings (SSSR count). The number of aryl methyl sites for hydroxylation is 2. The summed E-state index contributed by atoms with van der Waals surface area (Å²) in [6, 6.07) is 0. The molecule has 0 saturated carbocycles. The molecule has 2 aromatic heterocycles. The quantitative estimate of drug-likeness (QED) is 0.672. The first kappa shape index (κ1) is 18.0. The van der Waals surface area contributed by atoms with Crippen LogP contribution in [0.1, 0.15) is 6.92 Å². The minimum Gasteiger partial charge on any atom is -0.274 e. The third-order valence-electron chi connectivity index (χ3n) is 4.09. The van der Waals surface area contributed by atoms with Crippen LogP contribution in [0, 0.1) is 0 Å². The van der Waals surface area contributed by atoms with E-state index in [1.807, 2.05) is 6.92 Å². The van der Waals surface area contributed by atoms with Crippen LogP contribution in [0.15, 0.2) is 34.6 Å². The van der Waals surface area contributed by atoms with Crippen LogP contribution in [0.5, 0.6) is 0 Å². The van der Waals surface area contributed by atoms with Crippen LogP contribution in [0.4, 0.5) is 0 Å². The number of nitrogens with zero attached hydrogens (tertiary/aromatic N) is 6. The molecule has 0 radical (unpaired) electrons. The highest BCUT2D eigenvalue weighted by molar-refractivity contribution is 7.89. The minimum absolute atomic E-state index is 0.0956. The van der Waals surface area contributed by atoms with E-state index in [2.05, 4.69) is 10.2 Å². The predicted octanol–water partition coefficient (Wildman–Crippen LogP) is -0.668. The maximum atomic E-state index is 12.6. The van der Waals surface area contributed by atoms with Crippen molar-refractivity contribution >= 4 is 20.0 Å². The lowest BCUT2D eigenvalue weighted by molar-refractivity contribution is 0.273. The van der Waals surface area contributed by atoms with E-state index in [1.165, 1.54) is 42.8 Å². The zero-order valence-electron chi connectivity index (χ0n) is 14.0. The van der Waals surface area contributed by atoms with Crippen LogP contribution in [0.3, 0.4) is 0 Å². The molecular formula is C13H20N6O4S2. The highest BCUT2D eigenvalue weighted by Gasteiger charge is 2.34. The number of rotatable bonds is 5. The van der Waals surface area contributed by atoms with Crippen LogP contribution < -0.4 is 0 Å². The van der Waals surface area contributed by atoms with E-state index in [0.717, 1.165) is 0 Å². The van der Waals surface area contributed by atoms with E-state index in [1.54, 1.807) is 7.05 Å². The molecule has 0 unspecified atom stereocenters. The molecule has 0 atom stereocenters. The van der Waals surface area contributed by atoms with Gasteiger partial charge in [0.25, 0.3) is 0 Å². The molecule has 0 aliphatic carbocycles. The Bertz CT molecular complexity index is 954. The smallest absolute Gasteiger partial charge is 0.246 e. The Kier molecular flexibility index (Phi) is 4.70. The lowest BCUT2D eigenvalue weighted by Crippen LogP contribution is -2.50. The summed E-state index contributed by atoms with van der Waals surface area (Å²) in [5, 5.41) is 7.86. The molecule has 0 N–H and O–H groups in total. The van der Waals surface area contributed by atoms with Gasteiger partial charge in [-0.1, -0.05) is 0 Å². The van der Waals surface area contributed by atoms with Crippen molar-refractivity contribution in [3.8, 4) is 0 Å². The van der Waals surface area contributed by atoms with Gasteiger partial charge in [0.15, 0.2) is 0 Å². The molecule has 3 heterocycles. The van der Waals surface area contributed by atoms with Gasteiger partial charge in [0.1, 0.15) is 9.79 Å². The van der Waals surface area contributed by atoms with Gasteiger partial charge in [0, 0.05) is 52.2 Å². The second-order valence-electron chi connectivity index (χ2n) is 5.69. The van der Waals surface area contributed by atoms with Gasteiger partial charge < -0.3 is 0 Å². The van der Waals surface area contributed by atoms with Gasteiger partial charge in [0.2, 0.25) is 20.0 Å². The zero-order chi connectivity index (χ0) is 18.2. The van der Waals surface area contributed by atoms with Gasteiger partial charge in [-0.15, -0.1) is 0 Å². The van der Waals surface area contributed by atoms with Crippen LogP contribution in [-0.2, 0) is 33.6 Å². The van der Waals surface area contributed by atoms with Gasteiger partial charge in [0.05, 0.1) is 12.4 Å². The van der Waals surface area contributed by atoms with Crippen molar-refractivity contribution in [3.63, 3.8) is 0 Å². The van der Waals surface area contributed by atoms with E-state index in [4.69, 9.17) is 0 Å². The summed E-state index contributed by atoms with van der Waals surface area (Å²) in [5.74, 6) is 0. The fourth-order valence-electron chi connectivity index (χ4n) is 2.63. The second-order valence-corrected chi connectivity index (χ2v) is 9.57. The number of piperazine rings is 1. The van der Waals surface area contributed by atoms with Crippen molar-refractivity contribution in [2.24, 2.45) is 7.05 Å². The first-order valence-corrected chi connectivity index (χ1v) is 10.6. The third-order valence-corrected chi connectivity index (χ3v) is 7.79. The molecule has 1 fully saturated rings.